The van der Waals surface area contributed by atoms with E-state index in [1.807, 2.05) is 0 Å². The summed E-state index contributed by atoms with van der Waals surface area (Å²) in [6.45, 7) is 2.64. The van der Waals surface area contributed by atoms with E-state index in [-0.39, 0.29) is 0 Å². The molecule has 0 heterocycles. The van der Waals surface area contributed by atoms with Gasteiger partial charge in [-0.2, -0.15) is 0 Å². The lowest BCUT2D eigenvalue weighted by atomic mass is 9.99. The van der Waals surface area contributed by atoms with Gasteiger partial charge in [-0.15, -0.1) is 0 Å². The molecule has 0 aliphatic rings. The summed E-state index contributed by atoms with van der Waals surface area (Å²) < 4.78 is 14.1. The first kappa shape index (κ1) is 19.0. The maximum Gasteiger partial charge on any atom is 0.295 e. The standard InChI is InChI=1S/C14H19BrN2O6/c1-8(18)16-13(14(2,15)17(19)20)9-6-10(21-3)12(23-5)11(7-9)22-4/h6-7,13H,1-5H3,(H,16,18). The Balaban J connectivity index is 3.53. The molecule has 1 rings (SSSR count). The fraction of sp³-hybridized carbons (Fsp3) is 0.500. The first-order valence-corrected chi connectivity index (χ1v) is 7.38. The van der Waals surface area contributed by atoms with Crippen LogP contribution in [0.4, 0.5) is 0 Å². The molecular weight excluding hydrogens is 372 g/mol. The number of nitrogens with zero attached hydrogens (tertiary/aromatic N) is 1. The van der Waals surface area contributed by atoms with Crippen LogP contribution >= 0.6 is 15.9 Å². The lowest BCUT2D eigenvalue weighted by molar-refractivity contribution is -0.536. The Morgan fingerprint density at radius 1 is 1.26 bits per heavy atom. The summed E-state index contributed by atoms with van der Waals surface area (Å²) in [6, 6.07) is 2.17. The van der Waals surface area contributed by atoms with Crippen molar-refractivity contribution >= 4 is 21.8 Å². The van der Waals surface area contributed by atoms with Gasteiger partial charge in [-0.25, -0.2) is 0 Å². The molecule has 0 aliphatic heterocycles. The van der Waals surface area contributed by atoms with E-state index in [4.69, 9.17) is 14.2 Å². The number of nitro groups is 1. The molecule has 2 unspecified atom stereocenters. The highest BCUT2D eigenvalue weighted by Gasteiger charge is 2.45. The average Bonchev–Trinajstić information content (AvgIpc) is 2.50. The Morgan fingerprint density at radius 3 is 2.04 bits per heavy atom. The number of ether oxygens (including phenoxy) is 3. The van der Waals surface area contributed by atoms with Crippen LogP contribution in [-0.4, -0.2) is 36.6 Å². The molecule has 23 heavy (non-hydrogen) atoms. The number of carbonyl (C=O) groups is 1. The minimum atomic E-state index is -1.62. The summed E-state index contributed by atoms with van der Waals surface area (Å²) in [6.07, 6.45) is 0. The molecule has 0 spiro atoms. The van der Waals surface area contributed by atoms with Gasteiger partial charge in [-0.1, -0.05) is 0 Å². The fourth-order valence-corrected chi connectivity index (χ4v) is 2.47. The monoisotopic (exact) mass is 390 g/mol. The molecule has 0 radical (unpaired) electrons. The van der Waals surface area contributed by atoms with E-state index in [0.717, 1.165) is 0 Å². The second-order valence-electron chi connectivity index (χ2n) is 4.87. The van der Waals surface area contributed by atoms with E-state index in [2.05, 4.69) is 21.2 Å². The molecule has 0 aromatic heterocycles. The van der Waals surface area contributed by atoms with E-state index in [1.165, 1.54) is 35.2 Å². The third-order valence-electron chi connectivity index (χ3n) is 3.25. The van der Waals surface area contributed by atoms with Crippen molar-refractivity contribution < 1.29 is 23.9 Å². The topological polar surface area (TPSA) is 99.9 Å². The van der Waals surface area contributed by atoms with Gasteiger partial charge in [0.05, 0.1) is 21.3 Å². The average molecular weight is 391 g/mol. The zero-order valence-electron chi connectivity index (χ0n) is 13.5. The normalized spacial score (nSPS) is 14.3. The number of rotatable bonds is 7. The number of benzene rings is 1. The molecule has 8 nitrogen and oxygen atoms in total. The minimum Gasteiger partial charge on any atom is -0.493 e. The first-order chi connectivity index (χ1) is 10.7. The zero-order chi connectivity index (χ0) is 17.8. The molecule has 9 heteroatoms. The molecule has 0 bridgehead atoms. The fourth-order valence-electron chi connectivity index (χ4n) is 2.10. The molecule has 1 N–H and O–H groups in total. The van der Waals surface area contributed by atoms with Gasteiger partial charge in [0.25, 0.3) is 4.45 Å². The Kier molecular flexibility index (Phi) is 6.20. The molecule has 1 amide bonds. The quantitative estimate of drug-likeness (QED) is 0.331. The van der Waals surface area contributed by atoms with E-state index in [9.17, 15) is 14.9 Å². The van der Waals surface area contributed by atoms with E-state index < -0.39 is 21.3 Å². The first-order valence-electron chi connectivity index (χ1n) is 6.59. The summed E-state index contributed by atoms with van der Waals surface area (Å²) in [4.78, 5) is 22.3. The Bertz CT molecular complexity index is 580. The molecule has 0 aliphatic carbocycles. The molecule has 2 atom stereocenters. The molecule has 128 valence electrons. The SMILES string of the molecule is COc1cc(C(NC(C)=O)C(C)(Br)[N+](=O)[O-])cc(OC)c1OC. The highest BCUT2D eigenvalue weighted by molar-refractivity contribution is 9.10. The van der Waals surface area contributed by atoms with Crippen LogP contribution in [0.15, 0.2) is 12.1 Å². The van der Waals surface area contributed by atoms with Crippen molar-refractivity contribution in [2.45, 2.75) is 24.3 Å². The van der Waals surface area contributed by atoms with Gasteiger partial charge in [0.15, 0.2) is 11.5 Å². The van der Waals surface area contributed by atoms with Crippen molar-refractivity contribution in [3.63, 3.8) is 0 Å². The van der Waals surface area contributed by atoms with Crippen molar-refractivity contribution in [3.05, 3.63) is 27.8 Å². The molecule has 1 aromatic carbocycles. The number of carbonyl (C=O) groups excluding carboxylic acids is 1. The molecule has 1 aromatic rings. The smallest absolute Gasteiger partial charge is 0.295 e. The number of methoxy groups -OCH3 is 3. The van der Waals surface area contributed by atoms with Gasteiger partial charge >= 0.3 is 0 Å². The van der Waals surface area contributed by atoms with Gasteiger partial charge in [0.2, 0.25) is 11.7 Å². The predicted octanol–water partition coefficient (Wildman–Crippen LogP) is 2.28. The predicted molar refractivity (Wildman–Crippen MR) is 87.0 cm³/mol. The minimum absolute atomic E-state index is 0.337. The lowest BCUT2D eigenvalue weighted by Crippen LogP contribution is -2.44. The van der Waals surface area contributed by atoms with Gasteiger partial charge in [0, 0.05) is 34.7 Å². The Morgan fingerprint density at radius 2 is 1.74 bits per heavy atom. The summed E-state index contributed by atoms with van der Waals surface area (Å²) in [7, 11) is 4.33. The summed E-state index contributed by atoms with van der Waals surface area (Å²) in [5.74, 6) is 0.627. The van der Waals surface area contributed by atoms with Crippen molar-refractivity contribution in [3.8, 4) is 17.2 Å². The second kappa shape index (κ2) is 7.49. The molecule has 0 fully saturated rings. The van der Waals surface area contributed by atoms with E-state index in [0.29, 0.717) is 22.8 Å². The van der Waals surface area contributed by atoms with Crippen LogP contribution in [0.2, 0.25) is 0 Å². The number of amides is 1. The van der Waals surface area contributed by atoms with E-state index >= 15 is 0 Å². The van der Waals surface area contributed by atoms with Gasteiger partial charge < -0.3 is 19.5 Å². The van der Waals surface area contributed by atoms with Crippen molar-refractivity contribution in [2.24, 2.45) is 0 Å². The van der Waals surface area contributed by atoms with Crippen LogP contribution in [0.5, 0.6) is 17.2 Å². The van der Waals surface area contributed by atoms with Crippen LogP contribution in [0, 0.1) is 10.1 Å². The highest BCUT2D eigenvalue weighted by Crippen LogP contribution is 2.43. The van der Waals surface area contributed by atoms with Crippen molar-refractivity contribution in [1.82, 2.24) is 5.32 Å². The van der Waals surface area contributed by atoms with E-state index in [1.54, 1.807) is 12.1 Å². The van der Waals surface area contributed by atoms with Crippen molar-refractivity contribution in [1.29, 1.82) is 0 Å². The summed E-state index contributed by atoms with van der Waals surface area (Å²) in [5.41, 5.74) is 0.436. The second-order valence-corrected chi connectivity index (χ2v) is 6.48. The number of halogens is 1. The molecule has 0 saturated heterocycles. The zero-order valence-corrected chi connectivity index (χ0v) is 15.1. The van der Waals surface area contributed by atoms with Gasteiger partial charge in [-0.05, 0) is 17.7 Å². The van der Waals surface area contributed by atoms with Crippen LogP contribution in [-0.2, 0) is 4.79 Å². The van der Waals surface area contributed by atoms with Crippen LogP contribution in [0.1, 0.15) is 25.5 Å². The van der Waals surface area contributed by atoms with Gasteiger partial charge in [0.1, 0.15) is 6.04 Å². The Labute approximate surface area is 142 Å². The number of nitrogens with one attached hydrogen (secondary N) is 1. The van der Waals surface area contributed by atoms with Crippen LogP contribution in [0.3, 0.4) is 0 Å². The molecule has 0 saturated carbocycles. The van der Waals surface area contributed by atoms with Gasteiger partial charge in [-0.3, -0.25) is 14.9 Å². The number of hydrogen-bond acceptors (Lipinski definition) is 6. The maximum absolute atomic E-state index is 11.5. The Hall–Kier alpha value is -2.03. The van der Waals surface area contributed by atoms with Crippen molar-refractivity contribution in [2.75, 3.05) is 21.3 Å². The maximum atomic E-state index is 11.5. The highest BCUT2D eigenvalue weighted by atomic mass is 79.9. The lowest BCUT2D eigenvalue weighted by Gasteiger charge is -2.27. The molecular formula is C14H19BrN2O6. The third-order valence-corrected chi connectivity index (χ3v) is 4.00. The summed E-state index contributed by atoms with van der Waals surface area (Å²) in [5, 5.41) is 13.9. The van der Waals surface area contributed by atoms with Crippen LogP contribution in [0.25, 0.3) is 0 Å². The largest absolute Gasteiger partial charge is 0.493 e. The van der Waals surface area contributed by atoms with Crippen LogP contribution < -0.4 is 19.5 Å². The number of alkyl halides is 1. The summed E-state index contributed by atoms with van der Waals surface area (Å²) >= 11 is 3.08. The third kappa shape index (κ3) is 4.04. The number of hydrogen-bond donors (Lipinski definition) is 1.